The van der Waals surface area contributed by atoms with Gasteiger partial charge in [-0.25, -0.2) is 4.79 Å². The molecule has 0 saturated heterocycles. The topological polar surface area (TPSA) is 83.0 Å². The highest BCUT2D eigenvalue weighted by Crippen LogP contribution is 2.25. The van der Waals surface area contributed by atoms with Crippen molar-refractivity contribution in [2.45, 2.75) is 20.8 Å². The molecule has 7 heteroatoms. The normalized spacial score (nSPS) is 11.2. The van der Waals surface area contributed by atoms with Gasteiger partial charge in [0.2, 0.25) is 5.78 Å². The maximum Gasteiger partial charge on any atom is 0.340 e. The number of hydrogen-bond donors (Lipinski definition) is 1. The van der Waals surface area contributed by atoms with Gasteiger partial charge in [-0.3, -0.25) is 4.79 Å². The minimum atomic E-state index is -0.480. The number of halogens is 1. The summed E-state index contributed by atoms with van der Waals surface area (Å²) < 4.78 is 5.93. The van der Waals surface area contributed by atoms with E-state index in [1.54, 1.807) is 20.8 Å². The number of H-pyrrole nitrogens is 1. The summed E-state index contributed by atoms with van der Waals surface area (Å²) in [6, 6.07) is 3.76. The molecule has 0 spiro atoms. The van der Waals surface area contributed by atoms with Crippen LogP contribution in [0.15, 0.2) is 20.8 Å². The number of nitrogens with one attached hydrogen (secondary N) is 1. The molecule has 0 fully saturated rings. The zero-order chi connectivity index (χ0) is 17.9. The number of carbonyl (C=O) groups excluding carboxylic acids is 2. The molecule has 1 N–H and O–H groups in total. The van der Waals surface area contributed by atoms with Gasteiger partial charge in [-0.2, -0.15) is 5.26 Å². The number of aromatic nitrogens is 1. The molecule has 0 aliphatic heterocycles. The van der Waals surface area contributed by atoms with Crippen LogP contribution in [0.2, 0.25) is 0 Å². The molecule has 0 amide bonds. The van der Waals surface area contributed by atoms with Crippen LogP contribution in [0.1, 0.15) is 44.6 Å². The summed E-state index contributed by atoms with van der Waals surface area (Å²) in [5.41, 5.74) is 2.38. The first-order valence-corrected chi connectivity index (χ1v) is 8.83. The van der Waals surface area contributed by atoms with Crippen molar-refractivity contribution < 1.29 is 14.3 Å². The average Bonchev–Trinajstić information content (AvgIpc) is 3.07. The summed E-state index contributed by atoms with van der Waals surface area (Å²) in [6.07, 6.45) is 1.53. The van der Waals surface area contributed by atoms with Crippen molar-refractivity contribution in [2.24, 2.45) is 0 Å². The Bertz CT molecular complexity index is 871. The Labute approximate surface area is 152 Å². The predicted octanol–water partition coefficient (Wildman–Crippen LogP) is 4.42. The molecule has 0 radical (unpaired) electrons. The highest BCUT2D eigenvalue weighted by atomic mass is 79.9. The van der Waals surface area contributed by atoms with Gasteiger partial charge in [0.25, 0.3) is 0 Å². The van der Waals surface area contributed by atoms with E-state index >= 15 is 0 Å². The lowest BCUT2D eigenvalue weighted by molar-refractivity contribution is 0.0525. The highest BCUT2D eigenvalue weighted by molar-refractivity contribution is 9.11. The summed E-state index contributed by atoms with van der Waals surface area (Å²) >= 11 is 4.81. The standard InChI is InChI=1S/C17H15BrN2O3S/c1-4-23-17(22)14-9(2)15(20-10(14)3)16(21)12(7-19)5-11-6-13(18)24-8-11/h5-6,8,20H,4H2,1-3H3/b12-5+. The first-order chi connectivity index (χ1) is 11.4. The van der Waals surface area contributed by atoms with Crippen LogP contribution >= 0.6 is 27.3 Å². The average molecular weight is 407 g/mol. The third-order valence-corrected chi connectivity index (χ3v) is 4.93. The molecule has 0 aliphatic carbocycles. The maximum absolute atomic E-state index is 12.7. The number of aryl methyl sites for hydroxylation is 1. The van der Waals surface area contributed by atoms with Gasteiger partial charge in [0.1, 0.15) is 11.6 Å². The van der Waals surface area contributed by atoms with Crippen molar-refractivity contribution >= 4 is 45.1 Å². The van der Waals surface area contributed by atoms with Crippen LogP contribution in [-0.4, -0.2) is 23.3 Å². The number of carbonyl (C=O) groups is 2. The van der Waals surface area contributed by atoms with Crippen LogP contribution in [-0.2, 0) is 4.74 Å². The minimum absolute atomic E-state index is 0.0000545. The lowest BCUT2D eigenvalue weighted by Gasteiger charge is -2.02. The number of thiophene rings is 1. The van der Waals surface area contributed by atoms with E-state index in [1.165, 1.54) is 17.4 Å². The Morgan fingerprint density at radius 1 is 1.46 bits per heavy atom. The number of ketones is 1. The monoisotopic (exact) mass is 406 g/mol. The Morgan fingerprint density at radius 2 is 2.17 bits per heavy atom. The van der Waals surface area contributed by atoms with E-state index in [0.29, 0.717) is 16.8 Å². The molecule has 2 heterocycles. The van der Waals surface area contributed by atoms with Gasteiger partial charge in [0.15, 0.2) is 0 Å². The number of ether oxygens (including phenoxy) is 1. The van der Waals surface area contributed by atoms with Gasteiger partial charge in [-0.15, -0.1) is 11.3 Å². The lowest BCUT2D eigenvalue weighted by atomic mass is 10.0. The van der Waals surface area contributed by atoms with Crippen molar-refractivity contribution in [1.82, 2.24) is 4.98 Å². The lowest BCUT2D eigenvalue weighted by Crippen LogP contribution is -2.08. The first kappa shape index (κ1) is 18.2. The molecule has 0 aromatic carbocycles. The molecule has 124 valence electrons. The fraction of sp³-hybridized carbons (Fsp3) is 0.235. The molecule has 0 bridgehead atoms. The van der Waals surface area contributed by atoms with Gasteiger partial charge in [0, 0.05) is 5.69 Å². The number of nitriles is 1. The van der Waals surface area contributed by atoms with Crippen LogP contribution in [0.25, 0.3) is 6.08 Å². The quantitative estimate of drug-likeness (QED) is 0.344. The number of allylic oxidation sites excluding steroid dienone is 1. The predicted molar refractivity (Wildman–Crippen MR) is 96.2 cm³/mol. The molecular weight excluding hydrogens is 392 g/mol. The van der Waals surface area contributed by atoms with Gasteiger partial charge in [0.05, 0.1) is 21.7 Å². The number of nitrogens with zero attached hydrogens (tertiary/aromatic N) is 1. The van der Waals surface area contributed by atoms with E-state index in [9.17, 15) is 14.9 Å². The van der Waals surface area contributed by atoms with E-state index in [2.05, 4.69) is 20.9 Å². The van der Waals surface area contributed by atoms with E-state index in [1.807, 2.05) is 17.5 Å². The smallest absolute Gasteiger partial charge is 0.340 e. The SMILES string of the molecule is CCOC(=O)c1c(C)[nH]c(C(=O)/C(C#N)=C/c2csc(Br)c2)c1C. The van der Waals surface area contributed by atoms with Gasteiger partial charge >= 0.3 is 5.97 Å². The number of Topliss-reactive ketones (excluding diaryl/α,β-unsaturated/α-hetero) is 1. The summed E-state index contributed by atoms with van der Waals surface area (Å²) in [6.45, 7) is 5.33. The Balaban J connectivity index is 2.42. The molecule has 2 rings (SSSR count). The van der Waals surface area contributed by atoms with Crippen molar-refractivity contribution in [1.29, 1.82) is 5.26 Å². The van der Waals surface area contributed by atoms with Crippen molar-refractivity contribution in [3.8, 4) is 6.07 Å². The number of esters is 1. The van der Waals surface area contributed by atoms with Crippen LogP contribution in [0.3, 0.4) is 0 Å². The summed E-state index contributed by atoms with van der Waals surface area (Å²) in [7, 11) is 0. The van der Waals surface area contributed by atoms with Crippen molar-refractivity contribution in [2.75, 3.05) is 6.61 Å². The molecule has 0 unspecified atom stereocenters. The summed E-state index contributed by atoms with van der Waals surface area (Å²) in [5.74, 6) is -0.928. The van der Waals surface area contributed by atoms with Crippen LogP contribution < -0.4 is 0 Å². The van der Waals surface area contributed by atoms with Gasteiger partial charge in [-0.1, -0.05) is 0 Å². The highest BCUT2D eigenvalue weighted by Gasteiger charge is 2.24. The van der Waals surface area contributed by atoms with E-state index < -0.39 is 11.8 Å². The molecule has 2 aromatic heterocycles. The second-order valence-electron chi connectivity index (χ2n) is 5.03. The van der Waals surface area contributed by atoms with Crippen LogP contribution in [0, 0.1) is 25.2 Å². The Morgan fingerprint density at radius 3 is 2.71 bits per heavy atom. The Hall–Kier alpha value is -2.17. The largest absolute Gasteiger partial charge is 0.462 e. The molecule has 0 saturated carbocycles. The van der Waals surface area contributed by atoms with Gasteiger partial charge < -0.3 is 9.72 Å². The molecule has 0 atom stereocenters. The second kappa shape index (κ2) is 7.60. The fourth-order valence-electron chi connectivity index (χ4n) is 2.34. The summed E-state index contributed by atoms with van der Waals surface area (Å²) in [4.78, 5) is 27.6. The number of aromatic amines is 1. The zero-order valence-electron chi connectivity index (χ0n) is 13.4. The van der Waals surface area contributed by atoms with E-state index in [-0.39, 0.29) is 17.9 Å². The zero-order valence-corrected chi connectivity index (χ0v) is 15.8. The van der Waals surface area contributed by atoms with E-state index in [0.717, 1.165) is 9.35 Å². The number of hydrogen-bond acceptors (Lipinski definition) is 5. The molecule has 2 aromatic rings. The van der Waals surface area contributed by atoms with Crippen molar-refractivity contribution in [3.63, 3.8) is 0 Å². The first-order valence-electron chi connectivity index (χ1n) is 7.15. The fourth-order valence-corrected chi connectivity index (χ4v) is 3.47. The third-order valence-electron chi connectivity index (χ3n) is 3.41. The minimum Gasteiger partial charge on any atom is -0.462 e. The third kappa shape index (κ3) is 3.66. The number of rotatable bonds is 5. The van der Waals surface area contributed by atoms with E-state index in [4.69, 9.17) is 4.74 Å². The van der Waals surface area contributed by atoms with Crippen LogP contribution in [0.4, 0.5) is 0 Å². The maximum atomic E-state index is 12.7. The molecule has 24 heavy (non-hydrogen) atoms. The molecular formula is C17H15BrN2O3S. The Kier molecular flexibility index (Phi) is 5.75. The van der Waals surface area contributed by atoms with Crippen LogP contribution in [0.5, 0.6) is 0 Å². The molecule has 5 nitrogen and oxygen atoms in total. The second-order valence-corrected chi connectivity index (χ2v) is 7.32. The molecule has 0 aliphatic rings. The summed E-state index contributed by atoms with van der Waals surface area (Å²) in [5, 5.41) is 11.2. The van der Waals surface area contributed by atoms with Gasteiger partial charge in [-0.05, 0) is 65.4 Å². The van der Waals surface area contributed by atoms with Crippen molar-refractivity contribution in [3.05, 3.63) is 48.9 Å².